The molecule has 0 aliphatic heterocycles. The molecule has 0 bridgehead atoms. The van der Waals surface area contributed by atoms with Gasteiger partial charge in [-0.25, -0.2) is 15.0 Å². The van der Waals surface area contributed by atoms with E-state index in [0.717, 1.165) is 20.9 Å². The molecule has 1 atom stereocenters. The number of aromatic nitrogens is 3. The Balaban J connectivity index is 1.93. The molecule has 2 heterocycles. The van der Waals surface area contributed by atoms with Gasteiger partial charge in [0, 0.05) is 5.69 Å². The van der Waals surface area contributed by atoms with Crippen LogP contribution in [0.25, 0.3) is 15.8 Å². The molecule has 25 heavy (non-hydrogen) atoms. The summed E-state index contributed by atoms with van der Waals surface area (Å²) in [6.07, 6.45) is 0. The fourth-order valence-electron chi connectivity index (χ4n) is 2.38. The van der Waals surface area contributed by atoms with Gasteiger partial charge >= 0.3 is 0 Å². The molecule has 1 aromatic carbocycles. The molecule has 0 saturated heterocycles. The summed E-state index contributed by atoms with van der Waals surface area (Å²) in [5.41, 5.74) is 1.91. The molecular weight excluding hydrogens is 352 g/mol. The van der Waals surface area contributed by atoms with E-state index in [4.69, 9.17) is 0 Å². The van der Waals surface area contributed by atoms with Gasteiger partial charge in [0.2, 0.25) is 0 Å². The van der Waals surface area contributed by atoms with Crippen molar-refractivity contribution in [2.24, 2.45) is 0 Å². The Morgan fingerprint density at radius 2 is 2.00 bits per heavy atom. The third kappa shape index (κ3) is 3.81. The second-order valence-corrected chi connectivity index (χ2v) is 7.91. The summed E-state index contributed by atoms with van der Waals surface area (Å²) in [5.74, 6) is 0.699. The third-order valence-electron chi connectivity index (χ3n) is 3.50. The molecule has 0 aliphatic rings. The number of rotatable bonds is 4. The maximum absolute atomic E-state index is 10.6. The van der Waals surface area contributed by atoms with E-state index in [2.05, 4.69) is 21.0 Å². The molecule has 5 nitrogen and oxygen atoms in total. The number of aliphatic hydroxyl groups excluding tert-OH is 1. The van der Waals surface area contributed by atoms with Gasteiger partial charge in [0.25, 0.3) is 0 Å². The topological polar surface area (TPSA) is 82.7 Å². The Kier molecular flexibility index (Phi) is 5.02. The summed E-state index contributed by atoms with van der Waals surface area (Å²) in [7, 11) is 0. The smallest absolute Gasteiger partial charge is 0.138 e. The van der Waals surface area contributed by atoms with Crippen LogP contribution in [0.5, 0.6) is 0 Å². The first kappa shape index (κ1) is 17.4. The zero-order chi connectivity index (χ0) is 18.0. The molecular formula is C18H16N4OS2. The molecule has 0 radical (unpaired) electrons. The van der Waals surface area contributed by atoms with E-state index in [1.807, 2.05) is 51.1 Å². The Hall–Kier alpha value is -2.43. The van der Waals surface area contributed by atoms with E-state index < -0.39 is 0 Å². The molecule has 2 aromatic heterocycles. The van der Waals surface area contributed by atoms with Gasteiger partial charge in [-0.15, -0.1) is 11.3 Å². The zero-order valence-corrected chi connectivity index (χ0v) is 15.6. The first-order valence-electron chi connectivity index (χ1n) is 7.66. The number of benzene rings is 1. The van der Waals surface area contributed by atoms with Gasteiger partial charge in [-0.05, 0) is 39.0 Å². The van der Waals surface area contributed by atoms with E-state index >= 15 is 0 Å². The summed E-state index contributed by atoms with van der Waals surface area (Å²) in [6, 6.07) is 11.6. The lowest BCUT2D eigenvalue weighted by Crippen LogP contribution is -2.05. The lowest BCUT2D eigenvalue weighted by molar-refractivity contribution is 0.402. The average molecular weight is 368 g/mol. The van der Waals surface area contributed by atoms with Crippen LogP contribution in [0.1, 0.15) is 23.4 Å². The highest BCUT2D eigenvalue weighted by molar-refractivity contribution is 8.00. The lowest BCUT2D eigenvalue weighted by atomic mass is 10.2. The number of nitriles is 1. The molecule has 0 spiro atoms. The third-order valence-corrected chi connectivity index (χ3v) is 5.58. The van der Waals surface area contributed by atoms with Crippen LogP contribution >= 0.6 is 23.1 Å². The van der Waals surface area contributed by atoms with Crippen molar-refractivity contribution in [2.45, 2.75) is 31.0 Å². The highest BCUT2D eigenvalue weighted by atomic mass is 32.2. The van der Waals surface area contributed by atoms with Crippen molar-refractivity contribution in [1.82, 2.24) is 15.0 Å². The average Bonchev–Trinajstić information content (AvgIpc) is 2.97. The van der Waals surface area contributed by atoms with Crippen LogP contribution in [0.4, 0.5) is 0 Å². The normalized spacial score (nSPS) is 13.4. The van der Waals surface area contributed by atoms with Crippen molar-refractivity contribution in [3.05, 3.63) is 52.6 Å². The van der Waals surface area contributed by atoms with E-state index in [0.29, 0.717) is 10.8 Å². The van der Waals surface area contributed by atoms with Crippen molar-refractivity contribution in [1.29, 1.82) is 5.26 Å². The van der Waals surface area contributed by atoms with Crippen LogP contribution in [0, 0.1) is 25.2 Å². The van der Waals surface area contributed by atoms with Gasteiger partial charge in [-0.3, -0.25) is 0 Å². The van der Waals surface area contributed by atoms with Gasteiger partial charge < -0.3 is 5.11 Å². The molecule has 3 aromatic rings. The van der Waals surface area contributed by atoms with Gasteiger partial charge in [-0.1, -0.05) is 23.9 Å². The zero-order valence-electron chi connectivity index (χ0n) is 14.0. The molecule has 0 saturated carbocycles. The number of aliphatic hydroxyl groups is 1. The van der Waals surface area contributed by atoms with Crippen molar-refractivity contribution in [2.75, 3.05) is 0 Å². The molecule has 0 aliphatic carbocycles. The van der Waals surface area contributed by atoms with Gasteiger partial charge in [0.05, 0.1) is 15.5 Å². The maximum Gasteiger partial charge on any atom is 0.138 e. The molecule has 1 unspecified atom stereocenters. The molecule has 3 rings (SSSR count). The minimum Gasteiger partial charge on any atom is -0.510 e. The van der Waals surface area contributed by atoms with Crippen LogP contribution in [0.3, 0.4) is 0 Å². The monoisotopic (exact) mass is 368 g/mol. The summed E-state index contributed by atoms with van der Waals surface area (Å²) in [6.45, 7) is 5.58. The van der Waals surface area contributed by atoms with Crippen LogP contribution in [-0.2, 0) is 0 Å². The van der Waals surface area contributed by atoms with Crippen molar-refractivity contribution in [3.8, 4) is 6.07 Å². The highest BCUT2D eigenvalue weighted by Crippen LogP contribution is 2.33. The first-order valence-corrected chi connectivity index (χ1v) is 9.35. The number of hydrogen-bond donors (Lipinski definition) is 1. The van der Waals surface area contributed by atoms with Crippen LogP contribution in [0.15, 0.2) is 41.1 Å². The van der Waals surface area contributed by atoms with Crippen LogP contribution in [-0.4, -0.2) is 25.3 Å². The van der Waals surface area contributed by atoms with Crippen molar-refractivity contribution < 1.29 is 5.11 Å². The molecule has 126 valence electrons. The Bertz CT molecular complexity index is 950. The van der Waals surface area contributed by atoms with E-state index in [1.165, 1.54) is 23.1 Å². The quantitative estimate of drug-likeness (QED) is 0.312. The fraction of sp³-hybridized carbons (Fsp3) is 0.222. The maximum atomic E-state index is 10.6. The molecule has 7 heteroatoms. The Labute approximate surface area is 154 Å². The largest absolute Gasteiger partial charge is 0.510 e. The number of para-hydroxylation sites is 1. The van der Waals surface area contributed by atoms with Crippen LogP contribution < -0.4 is 0 Å². The van der Waals surface area contributed by atoms with E-state index in [9.17, 15) is 10.4 Å². The molecule has 1 N–H and O–H groups in total. The predicted octanol–water partition coefficient (Wildman–Crippen LogP) is 4.68. The van der Waals surface area contributed by atoms with Gasteiger partial charge in [-0.2, -0.15) is 5.26 Å². The van der Waals surface area contributed by atoms with Gasteiger partial charge in [0.15, 0.2) is 0 Å². The number of hydrogen-bond acceptors (Lipinski definition) is 7. The standard InChI is InChI=1S/C18H16N4OS2/c1-10-8-16(21-12(3)20-10)24-11(2)17(23)13(9-19)18-22-14-6-4-5-7-15(14)25-18/h4-8,11,23H,1-3H3/b17-13-. The fourth-order valence-corrected chi connectivity index (χ4v) is 4.36. The SMILES string of the molecule is Cc1cc(SC(C)/C(O)=C(\C#N)c2nc3ccccc3s2)nc(C)n1. The van der Waals surface area contributed by atoms with Crippen molar-refractivity contribution >= 4 is 38.9 Å². The number of thiazole rings is 1. The predicted molar refractivity (Wildman–Crippen MR) is 102 cm³/mol. The highest BCUT2D eigenvalue weighted by Gasteiger charge is 2.20. The van der Waals surface area contributed by atoms with Crippen molar-refractivity contribution in [3.63, 3.8) is 0 Å². The summed E-state index contributed by atoms with van der Waals surface area (Å²) in [5, 5.41) is 21.1. The Morgan fingerprint density at radius 3 is 2.68 bits per heavy atom. The van der Waals surface area contributed by atoms with Gasteiger partial charge in [0.1, 0.15) is 33.3 Å². The molecule has 0 fully saturated rings. The second kappa shape index (κ2) is 7.21. The number of fused-ring (bicyclic) bond motifs is 1. The Morgan fingerprint density at radius 1 is 1.24 bits per heavy atom. The number of nitrogens with zero attached hydrogens (tertiary/aromatic N) is 4. The summed E-state index contributed by atoms with van der Waals surface area (Å²) >= 11 is 2.79. The summed E-state index contributed by atoms with van der Waals surface area (Å²) < 4.78 is 0.986. The lowest BCUT2D eigenvalue weighted by Gasteiger charge is -2.11. The first-order chi connectivity index (χ1) is 12.0. The summed E-state index contributed by atoms with van der Waals surface area (Å²) in [4.78, 5) is 13.1. The number of thioether (sulfide) groups is 1. The van der Waals surface area contributed by atoms with E-state index in [-0.39, 0.29) is 16.6 Å². The van der Waals surface area contributed by atoms with E-state index in [1.54, 1.807) is 0 Å². The molecule has 0 amide bonds. The number of allylic oxidation sites excluding steroid dienone is 1. The minimum atomic E-state index is -0.324. The number of aryl methyl sites for hydroxylation is 2. The second-order valence-electron chi connectivity index (χ2n) is 5.51. The van der Waals surface area contributed by atoms with Crippen LogP contribution in [0.2, 0.25) is 0 Å². The minimum absolute atomic E-state index is 0.0143.